The second-order valence-electron chi connectivity index (χ2n) is 6.49. The molecule has 5 nitrogen and oxygen atoms in total. The summed E-state index contributed by atoms with van der Waals surface area (Å²) in [5.41, 5.74) is 2.17. The van der Waals surface area contributed by atoms with Gasteiger partial charge in [0.2, 0.25) is 0 Å². The summed E-state index contributed by atoms with van der Waals surface area (Å²) in [6, 6.07) is 16.7. The third kappa shape index (κ3) is 5.35. The second-order valence-corrected chi connectivity index (χ2v) is 7.50. The average molecular weight is 409 g/mol. The topological polar surface area (TPSA) is 59.0 Å². The lowest BCUT2D eigenvalue weighted by Gasteiger charge is -2.14. The van der Waals surface area contributed by atoms with E-state index in [0.29, 0.717) is 28.8 Å². The van der Waals surface area contributed by atoms with Gasteiger partial charge in [-0.1, -0.05) is 43.7 Å². The monoisotopic (exact) mass is 408 g/mol. The highest BCUT2D eigenvalue weighted by molar-refractivity contribution is 8.18. The molecule has 6 heteroatoms. The molecule has 1 saturated heterocycles. The van der Waals surface area contributed by atoms with E-state index in [-0.39, 0.29) is 11.9 Å². The quantitative estimate of drug-likeness (QED) is 0.463. The molecule has 0 spiro atoms. The van der Waals surface area contributed by atoms with Crippen LogP contribution in [0.15, 0.2) is 64.5 Å². The van der Waals surface area contributed by atoms with Gasteiger partial charge in [0, 0.05) is 6.54 Å². The zero-order valence-corrected chi connectivity index (χ0v) is 17.4. The fraction of sp³-hybridized carbons (Fsp3) is 0.261. The molecule has 1 aliphatic rings. The summed E-state index contributed by atoms with van der Waals surface area (Å²) in [6.45, 7) is 4.86. The Bertz CT molecular complexity index is 921. The number of carbonyl (C=O) groups excluding carboxylic acids is 2. The van der Waals surface area contributed by atoms with Gasteiger partial charge in [-0.25, -0.2) is 9.79 Å². The Balaban J connectivity index is 1.84. The Morgan fingerprint density at radius 2 is 1.83 bits per heavy atom. The maximum absolute atomic E-state index is 13.0. The fourth-order valence-electron chi connectivity index (χ4n) is 2.80. The van der Waals surface area contributed by atoms with Crippen LogP contribution < -0.4 is 0 Å². The van der Waals surface area contributed by atoms with Gasteiger partial charge in [0.25, 0.3) is 5.91 Å². The van der Waals surface area contributed by atoms with E-state index in [2.05, 4.69) is 11.9 Å². The van der Waals surface area contributed by atoms with Gasteiger partial charge < -0.3 is 4.74 Å². The Hall–Kier alpha value is -2.86. The van der Waals surface area contributed by atoms with Crippen LogP contribution in [0, 0.1) is 0 Å². The van der Waals surface area contributed by atoms with Crippen molar-refractivity contribution in [1.29, 1.82) is 0 Å². The molecular formula is C23H24N2O3S. The lowest BCUT2D eigenvalue weighted by molar-refractivity contribution is -0.122. The summed E-state index contributed by atoms with van der Waals surface area (Å²) in [7, 11) is 0. The minimum Gasteiger partial charge on any atom is -0.462 e. The van der Waals surface area contributed by atoms with Crippen LogP contribution in [0.2, 0.25) is 0 Å². The lowest BCUT2D eigenvalue weighted by atomic mass is 10.1. The molecule has 3 rings (SSSR count). The molecule has 150 valence electrons. The van der Waals surface area contributed by atoms with Crippen molar-refractivity contribution in [3.63, 3.8) is 0 Å². The number of amidine groups is 1. The number of rotatable bonds is 7. The molecule has 0 aliphatic carbocycles. The third-order valence-electron chi connectivity index (χ3n) is 4.32. The van der Waals surface area contributed by atoms with Crippen LogP contribution in [0.3, 0.4) is 0 Å². The van der Waals surface area contributed by atoms with E-state index >= 15 is 0 Å². The van der Waals surface area contributed by atoms with Gasteiger partial charge in [0.1, 0.15) is 0 Å². The fourth-order valence-corrected chi connectivity index (χ4v) is 3.82. The number of para-hydroxylation sites is 1. The highest BCUT2D eigenvalue weighted by Crippen LogP contribution is 2.34. The van der Waals surface area contributed by atoms with Crippen molar-refractivity contribution >= 4 is 40.6 Å². The molecule has 2 aromatic carbocycles. The summed E-state index contributed by atoms with van der Waals surface area (Å²) < 4.78 is 5.01. The number of benzene rings is 2. The maximum atomic E-state index is 13.0. The predicted octanol–water partition coefficient (Wildman–Crippen LogP) is 5.27. The maximum Gasteiger partial charge on any atom is 0.338 e. The Morgan fingerprint density at radius 3 is 2.48 bits per heavy atom. The number of nitrogens with zero attached hydrogens (tertiary/aromatic N) is 2. The molecule has 1 fully saturated rings. The Kier molecular flexibility index (Phi) is 7.25. The van der Waals surface area contributed by atoms with Crippen LogP contribution in [0.1, 0.15) is 42.6 Å². The molecule has 0 unspecified atom stereocenters. The van der Waals surface area contributed by atoms with Crippen LogP contribution in [0.25, 0.3) is 6.08 Å². The van der Waals surface area contributed by atoms with Crippen LogP contribution in [-0.2, 0) is 9.53 Å². The first-order valence-corrected chi connectivity index (χ1v) is 10.6. The molecule has 0 N–H and O–H groups in total. The number of aliphatic imine (C=N–C) groups is 1. The first-order valence-electron chi connectivity index (χ1n) is 9.74. The number of amides is 1. The van der Waals surface area contributed by atoms with Crippen molar-refractivity contribution in [3.05, 3.63) is 70.6 Å². The van der Waals surface area contributed by atoms with Crippen molar-refractivity contribution in [3.8, 4) is 0 Å². The lowest BCUT2D eigenvalue weighted by Crippen LogP contribution is -2.30. The number of hydrogen-bond donors (Lipinski definition) is 0. The van der Waals surface area contributed by atoms with Gasteiger partial charge >= 0.3 is 5.97 Å². The van der Waals surface area contributed by atoms with Crippen LogP contribution in [0.5, 0.6) is 0 Å². The van der Waals surface area contributed by atoms with Crippen molar-refractivity contribution in [2.45, 2.75) is 26.7 Å². The average Bonchev–Trinajstić information content (AvgIpc) is 3.02. The standard InChI is InChI=1S/C23H24N2O3S/c1-3-5-15-25-21(26)20(29-23(25)24-19-9-7-6-8-10-19)16-17-11-13-18(14-12-17)22(27)28-4-2/h6-14,16H,3-5,15H2,1-2H3/b20-16+,24-23?. The van der Waals surface area contributed by atoms with Gasteiger partial charge in [-0.2, -0.15) is 0 Å². The van der Waals surface area contributed by atoms with Gasteiger partial charge in [-0.05, 0) is 61.0 Å². The highest BCUT2D eigenvalue weighted by atomic mass is 32.2. The minimum atomic E-state index is -0.346. The van der Waals surface area contributed by atoms with Crippen LogP contribution >= 0.6 is 11.8 Å². The number of esters is 1. The highest BCUT2D eigenvalue weighted by Gasteiger charge is 2.32. The smallest absolute Gasteiger partial charge is 0.338 e. The van der Waals surface area contributed by atoms with E-state index in [1.807, 2.05) is 48.5 Å². The number of thioether (sulfide) groups is 1. The second kappa shape index (κ2) is 10.1. The normalized spacial score (nSPS) is 16.6. The summed E-state index contributed by atoms with van der Waals surface area (Å²) in [6.07, 6.45) is 3.76. The van der Waals surface area contributed by atoms with Gasteiger partial charge in [0.05, 0.1) is 22.8 Å². The first kappa shape index (κ1) is 20.9. The zero-order chi connectivity index (χ0) is 20.6. The molecule has 1 amide bonds. The van der Waals surface area contributed by atoms with E-state index in [1.54, 1.807) is 24.0 Å². The van der Waals surface area contributed by atoms with Crippen LogP contribution in [-0.4, -0.2) is 35.1 Å². The molecule has 0 radical (unpaired) electrons. The molecule has 0 saturated carbocycles. The zero-order valence-electron chi connectivity index (χ0n) is 16.6. The first-order chi connectivity index (χ1) is 14.1. The third-order valence-corrected chi connectivity index (χ3v) is 5.33. The van der Waals surface area contributed by atoms with Crippen molar-refractivity contribution < 1.29 is 14.3 Å². The molecule has 2 aromatic rings. The van der Waals surface area contributed by atoms with E-state index in [9.17, 15) is 9.59 Å². The predicted molar refractivity (Wildman–Crippen MR) is 118 cm³/mol. The number of hydrogen-bond acceptors (Lipinski definition) is 5. The van der Waals surface area contributed by atoms with E-state index < -0.39 is 0 Å². The molecule has 1 aliphatic heterocycles. The number of unbranched alkanes of at least 4 members (excludes halogenated alkanes) is 1. The SMILES string of the molecule is CCCCN1C(=O)/C(=C\c2ccc(C(=O)OCC)cc2)SC1=Nc1ccccc1. The van der Waals surface area contributed by atoms with Gasteiger partial charge in [0.15, 0.2) is 5.17 Å². The van der Waals surface area contributed by atoms with Gasteiger partial charge in [-0.3, -0.25) is 9.69 Å². The molecule has 0 aromatic heterocycles. The summed E-state index contributed by atoms with van der Waals surface area (Å²) in [5.74, 6) is -0.381. The van der Waals surface area contributed by atoms with Crippen molar-refractivity contribution in [2.75, 3.05) is 13.2 Å². The van der Waals surface area contributed by atoms with E-state index in [1.165, 1.54) is 11.8 Å². The van der Waals surface area contributed by atoms with E-state index in [0.717, 1.165) is 24.1 Å². The Labute approximate surface area is 175 Å². The summed E-state index contributed by atoms with van der Waals surface area (Å²) in [5, 5.41) is 0.698. The Morgan fingerprint density at radius 1 is 1.10 bits per heavy atom. The molecule has 0 atom stereocenters. The summed E-state index contributed by atoms with van der Waals surface area (Å²) in [4.78, 5) is 31.8. The number of ether oxygens (including phenoxy) is 1. The minimum absolute atomic E-state index is 0.0346. The largest absolute Gasteiger partial charge is 0.462 e. The number of carbonyl (C=O) groups is 2. The molecule has 29 heavy (non-hydrogen) atoms. The summed E-state index contributed by atoms with van der Waals surface area (Å²) >= 11 is 1.38. The van der Waals surface area contributed by atoms with Gasteiger partial charge in [-0.15, -0.1) is 0 Å². The molecule has 0 bridgehead atoms. The van der Waals surface area contributed by atoms with Crippen molar-refractivity contribution in [1.82, 2.24) is 4.90 Å². The molecular weight excluding hydrogens is 384 g/mol. The molecule has 1 heterocycles. The van der Waals surface area contributed by atoms with E-state index in [4.69, 9.17) is 4.74 Å². The van der Waals surface area contributed by atoms with Crippen molar-refractivity contribution in [2.24, 2.45) is 4.99 Å². The van der Waals surface area contributed by atoms with Crippen LogP contribution in [0.4, 0.5) is 5.69 Å².